The smallest absolute Gasteiger partial charge is 0.870 e. The molecule has 1 atom stereocenters. The molecule has 0 heterocycles. The maximum Gasteiger partial charge on any atom is 1.00 e. The third kappa shape index (κ3) is 10.3. The summed E-state index contributed by atoms with van der Waals surface area (Å²) < 4.78 is 0. The van der Waals surface area contributed by atoms with E-state index in [0.717, 1.165) is 6.42 Å². The SMILES string of the molecule is CCCNC(CCO)C(=O)O.[Na+].[OH-]. The number of aliphatic hydroxyl groups is 1. The Bertz CT molecular complexity index is 123. The zero-order chi connectivity index (χ0) is 8.69. The van der Waals surface area contributed by atoms with Crippen molar-refractivity contribution in [3.63, 3.8) is 0 Å². The molecule has 0 saturated carbocycles. The van der Waals surface area contributed by atoms with Crippen LogP contribution in [0.25, 0.3) is 0 Å². The van der Waals surface area contributed by atoms with Crippen molar-refractivity contribution in [2.45, 2.75) is 25.8 Å². The summed E-state index contributed by atoms with van der Waals surface area (Å²) in [6.45, 7) is 2.55. The van der Waals surface area contributed by atoms with E-state index < -0.39 is 12.0 Å². The molecule has 0 spiro atoms. The fraction of sp³-hybridized carbons (Fsp3) is 0.857. The molecule has 0 fully saturated rings. The van der Waals surface area contributed by atoms with Crippen LogP contribution in [0.1, 0.15) is 19.8 Å². The Labute approximate surface area is 100 Å². The molecule has 13 heavy (non-hydrogen) atoms. The van der Waals surface area contributed by atoms with Gasteiger partial charge in [-0.05, 0) is 19.4 Å². The van der Waals surface area contributed by atoms with Gasteiger partial charge in [-0.15, -0.1) is 0 Å². The normalized spacial score (nSPS) is 10.9. The minimum atomic E-state index is -0.896. The number of carboxylic acids is 1. The van der Waals surface area contributed by atoms with Gasteiger partial charge in [0.05, 0.1) is 0 Å². The van der Waals surface area contributed by atoms with Crippen molar-refractivity contribution >= 4 is 5.97 Å². The van der Waals surface area contributed by atoms with Gasteiger partial charge in [0, 0.05) is 6.61 Å². The number of aliphatic hydroxyl groups excluding tert-OH is 1. The molecule has 6 heteroatoms. The van der Waals surface area contributed by atoms with Gasteiger partial charge in [0.15, 0.2) is 0 Å². The zero-order valence-electron chi connectivity index (χ0n) is 8.16. The molecule has 4 N–H and O–H groups in total. The van der Waals surface area contributed by atoms with Crippen LogP contribution < -0.4 is 34.9 Å². The van der Waals surface area contributed by atoms with E-state index in [1.807, 2.05) is 6.92 Å². The Morgan fingerprint density at radius 3 is 2.38 bits per heavy atom. The first kappa shape index (κ1) is 19.0. The monoisotopic (exact) mass is 201 g/mol. The van der Waals surface area contributed by atoms with Crippen LogP contribution in [-0.2, 0) is 4.79 Å². The molecule has 1 unspecified atom stereocenters. The fourth-order valence-electron chi connectivity index (χ4n) is 0.761. The third-order valence-corrected chi connectivity index (χ3v) is 1.36. The van der Waals surface area contributed by atoms with Crippen molar-refractivity contribution in [2.24, 2.45) is 0 Å². The van der Waals surface area contributed by atoms with Gasteiger partial charge in [0.1, 0.15) is 6.04 Å². The standard InChI is InChI=1S/C7H15NO3.Na.H2O/c1-2-4-8-6(3-5-9)7(10)11;;/h6,8-9H,2-5H2,1H3,(H,10,11);;1H2/q;+1;/p-1. The number of nitrogens with one attached hydrogen (secondary N) is 1. The molecular formula is C7H16NNaO4. The molecule has 0 aliphatic rings. The van der Waals surface area contributed by atoms with Crippen LogP contribution in [0, 0.1) is 0 Å². The molecule has 0 radical (unpaired) electrons. The summed E-state index contributed by atoms with van der Waals surface area (Å²) >= 11 is 0. The number of aliphatic carboxylic acids is 1. The average molecular weight is 201 g/mol. The van der Waals surface area contributed by atoms with E-state index in [4.69, 9.17) is 10.2 Å². The second kappa shape index (κ2) is 12.3. The van der Waals surface area contributed by atoms with E-state index in [1.54, 1.807) is 0 Å². The zero-order valence-corrected chi connectivity index (χ0v) is 10.2. The largest absolute Gasteiger partial charge is 1.00 e. The quantitative estimate of drug-likeness (QED) is 0.390. The number of carboxylic acid groups (broad SMARTS) is 1. The predicted molar refractivity (Wildman–Crippen MR) is 43.4 cm³/mol. The first-order chi connectivity index (χ1) is 5.22. The van der Waals surface area contributed by atoms with Crippen molar-refractivity contribution in [3.05, 3.63) is 0 Å². The van der Waals surface area contributed by atoms with Crippen LogP contribution in [0.3, 0.4) is 0 Å². The summed E-state index contributed by atoms with van der Waals surface area (Å²) in [5.74, 6) is -0.896. The summed E-state index contributed by atoms with van der Waals surface area (Å²) in [4.78, 5) is 10.4. The van der Waals surface area contributed by atoms with Gasteiger partial charge < -0.3 is 21.0 Å². The van der Waals surface area contributed by atoms with Crippen molar-refractivity contribution in [3.8, 4) is 0 Å². The van der Waals surface area contributed by atoms with Crippen LogP contribution in [0.4, 0.5) is 0 Å². The fourth-order valence-corrected chi connectivity index (χ4v) is 0.761. The van der Waals surface area contributed by atoms with Gasteiger partial charge in [-0.25, -0.2) is 0 Å². The van der Waals surface area contributed by atoms with Gasteiger partial charge >= 0.3 is 35.5 Å². The number of hydrogen-bond acceptors (Lipinski definition) is 4. The summed E-state index contributed by atoms with van der Waals surface area (Å²) in [6, 6.07) is -0.597. The van der Waals surface area contributed by atoms with E-state index in [0.29, 0.717) is 6.54 Å². The van der Waals surface area contributed by atoms with Gasteiger partial charge in [-0.1, -0.05) is 6.92 Å². The van der Waals surface area contributed by atoms with Gasteiger partial charge in [0.2, 0.25) is 0 Å². The van der Waals surface area contributed by atoms with Crippen LogP contribution in [0.5, 0.6) is 0 Å². The summed E-state index contributed by atoms with van der Waals surface area (Å²) in [5.41, 5.74) is 0. The Morgan fingerprint density at radius 2 is 2.08 bits per heavy atom. The second-order valence-corrected chi connectivity index (χ2v) is 2.36. The Hall–Kier alpha value is 0.350. The Morgan fingerprint density at radius 1 is 1.54 bits per heavy atom. The van der Waals surface area contributed by atoms with E-state index in [2.05, 4.69) is 5.32 Å². The molecule has 0 bridgehead atoms. The van der Waals surface area contributed by atoms with Crippen LogP contribution in [-0.4, -0.2) is 40.9 Å². The number of hydrogen-bond donors (Lipinski definition) is 3. The Balaban J connectivity index is -0.000000500. The van der Waals surface area contributed by atoms with Crippen molar-refractivity contribution in [1.82, 2.24) is 5.32 Å². The van der Waals surface area contributed by atoms with Crippen molar-refractivity contribution < 1.29 is 50.0 Å². The van der Waals surface area contributed by atoms with Crippen LogP contribution >= 0.6 is 0 Å². The van der Waals surface area contributed by atoms with Crippen molar-refractivity contribution in [2.75, 3.05) is 13.2 Å². The minimum Gasteiger partial charge on any atom is -0.870 e. The third-order valence-electron chi connectivity index (χ3n) is 1.36. The molecule has 0 amide bonds. The maximum atomic E-state index is 10.4. The second-order valence-electron chi connectivity index (χ2n) is 2.36. The predicted octanol–water partition coefficient (Wildman–Crippen LogP) is -3.35. The minimum absolute atomic E-state index is 0. The van der Waals surface area contributed by atoms with E-state index >= 15 is 0 Å². The molecule has 0 aliphatic carbocycles. The topological polar surface area (TPSA) is 99.6 Å². The van der Waals surface area contributed by atoms with Gasteiger partial charge in [-0.2, -0.15) is 0 Å². The van der Waals surface area contributed by atoms with Crippen LogP contribution in [0.2, 0.25) is 0 Å². The van der Waals surface area contributed by atoms with E-state index in [-0.39, 0.29) is 48.1 Å². The van der Waals surface area contributed by atoms with Crippen LogP contribution in [0.15, 0.2) is 0 Å². The van der Waals surface area contributed by atoms with Crippen molar-refractivity contribution in [1.29, 1.82) is 0 Å². The summed E-state index contributed by atoms with van der Waals surface area (Å²) in [7, 11) is 0. The number of carbonyl (C=O) groups is 1. The molecular weight excluding hydrogens is 185 g/mol. The van der Waals surface area contributed by atoms with Gasteiger partial charge in [0.25, 0.3) is 0 Å². The molecule has 5 nitrogen and oxygen atoms in total. The molecule has 0 saturated heterocycles. The molecule has 0 aromatic heterocycles. The first-order valence-electron chi connectivity index (χ1n) is 3.79. The molecule has 0 aromatic carbocycles. The molecule has 0 aromatic rings. The number of rotatable bonds is 6. The summed E-state index contributed by atoms with van der Waals surface area (Å²) in [6.07, 6.45) is 1.17. The van der Waals surface area contributed by atoms with E-state index in [9.17, 15) is 4.79 Å². The Kier molecular flexibility index (Phi) is 18.1. The average Bonchev–Trinajstić information content (AvgIpc) is 1.97. The molecule has 74 valence electrons. The van der Waals surface area contributed by atoms with E-state index in [1.165, 1.54) is 0 Å². The summed E-state index contributed by atoms with van der Waals surface area (Å²) in [5, 5.41) is 19.8. The first-order valence-corrected chi connectivity index (χ1v) is 3.79. The molecule has 0 rings (SSSR count). The van der Waals surface area contributed by atoms with Gasteiger partial charge in [-0.3, -0.25) is 4.79 Å². The molecule has 0 aliphatic heterocycles. The maximum absolute atomic E-state index is 10.4.